The van der Waals surface area contributed by atoms with Crippen molar-refractivity contribution >= 4 is 5.91 Å². The van der Waals surface area contributed by atoms with Gasteiger partial charge in [-0.05, 0) is 19.1 Å². The third-order valence-corrected chi connectivity index (χ3v) is 3.68. The molecule has 1 aromatic rings. The molecule has 1 amide bonds. The second-order valence-corrected chi connectivity index (χ2v) is 5.38. The molecular formula is C17H17F3N2O3. The van der Waals surface area contributed by atoms with Crippen LogP contribution < -0.4 is 10.9 Å². The van der Waals surface area contributed by atoms with Gasteiger partial charge in [-0.3, -0.25) is 9.59 Å². The van der Waals surface area contributed by atoms with E-state index >= 15 is 0 Å². The molecule has 1 aliphatic heterocycles. The summed E-state index contributed by atoms with van der Waals surface area (Å²) in [6.07, 6.45) is 0.755. The van der Waals surface area contributed by atoms with Crippen LogP contribution in [0.5, 0.6) is 0 Å². The number of nitrogens with one attached hydrogen (secondary N) is 2. The Bertz CT molecular complexity index is 791. The second kappa shape index (κ2) is 7.42. The number of carbonyl (C=O) groups excluding carboxylic acids is 1. The van der Waals surface area contributed by atoms with Gasteiger partial charge < -0.3 is 15.0 Å². The number of ether oxygens (including phenoxy) is 1. The van der Waals surface area contributed by atoms with Crippen molar-refractivity contribution in [2.45, 2.75) is 25.6 Å². The fourth-order valence-electron chi connectivity index (χ4n) is 2.42. The number of halogens is 3. The van der Waals surface area contributed by atoms with E-state index in [1.165, 1.54) is 0 Å². The summed E-state index contributed by atoms with van der Waals surface area (Å²) in [6.45, 7) is 5.69. The minimum Gasteiger partial charge on any atom is -0.498 e. The van der Waals surface area contributed by atoms with Gasteiger partial charge in [0, 0.05) is 12.0 Å². The summed E-state index contributed by atoms with van der Waals surface area (Å²) in [6, 6.07) is 1.12. The molecule has 0 bridgehead atoms. The molecule has 1 aliphatic rings. The number of hydrogen-bond donors (Lipinski definition) is 2. The van der Waals surface area contributed by atoms with Gasteiger partial charge in [0.15, 0.2) is 0 Å². The van der Waals surface area contributed by atoms with Crippen LogP contribution in [0.15, 0.2) is 53.1 Å². The maximum atomic E-state index is 12.6. The standard InChI is InChI=1S/C17H17F3N2O3/c1-3-4-5-11-10(2)25-9-8-13(11)21-15(23)12-6-7-14(17(18,19)20)22-16(12)24/h3-7,13H,1,8-9H2,2H3,(H,21,23)(H,22,24)/b5-4-. The summed E-state index contributed by atoms with van der Waals surface area (Å²) in [5.74, 6) is -0.129. The molecule has 0 saturated carbocycles. The van der Waals surface area contributed by atoms with Gasteiger partial charge in [-0.1, -0.05) is 24.8 Å². The first-order chi connectivity index (χ1) is 11.7. The predicted molar refractivity (Wildman–Crippen MR) is 85.9 cm³/mol. The van der Waals surface area contributed by atoms with Crippen LogP contribution in [0.2, 0.25) is 0 Å². The molecule has 1 unspecified atom stereocenters. The molecule has 0 radical (unpaired) electrons. The van der Waals surface area contributed by atoms with Crippen molar-refractivity contribution in [3.63, 3.8) is 0 Å². The lowest BCUT2D eigenvalue weighted by molar-refractivity contribution is -0.141. The van der Waals surface area contributed by atoms with E-state index in [1.54, 1.807) is 30.1 Å². The van der Waals surface area contributed by atoms with Crippen LogP contribution in [-0.4, -0.2) is 23.5 Å². The lowest BCUT2D eigenvalue weighted by Crippen LogP contribution is -2.41. The first kappa shape index (κ1) is 18.6. The Labute approximate surface area is 141 Å². The minimum atomic E-state index is -4.68. The number of hydrogen-bond acceptors (Lipinski definition) is 3. The Hall–Kier alpha value is -2.77. The van der Waals surface area contributed by atoms with Crippen LogP contribution in [0.4, 0.5) is 13.2 Å². The third kappa shape index (κ3) is 4.40. The smallest absolute Gasteiger partial charge is 0.431 e. The van der Waals surface area contributed by atoms with E-state index in [0.29, 0.717) is 30.4 Å². The van der Waals surface area contributed by atoms with E-state index in [2.05, 4.69) is 11.9 Å². The monoisotopic (exact) mass is 354 g/mol. The van der Waals surface area contributed by atoms with Crippen molar-refractivity contribution in [2.24, 2.45) is 0 Å². The highest BCUT2D eigenvalue weighted by molar-refractivity contribution is 5.94. The van der Waals surface area contributed by atoms with Crippen molar-refractivity contribution in [1.29, 1.82) is 0 Å². The normalized spacial score (nSPS) is 18.2. The molecule has 2 rings (SSSR count). The summed E-state index contributed by atoms with van der Waals surface area (Å²) >= 11 is 0. The number of aromatic nitrogens is 1. The first-order valence-corrected chi connectivity index (χ1v) is 7.48. The minimum absolute atomic E-state index is 0.381. The molecule has 5 nitrogen and oxygen atoms in total. The van der Waals surface area contributed by atoms with Crippen LogP contribution in [0.1, 0.15) is 29.4 Å². The topological polar surface area (TPSA) is 71.2 Å². The molecule has 2 N–H and O–H groups in total. The van der Waals surface area contributed by atoms with E-state index in [4.69, 9.17) is 4.74 Å². The van der Waals surface area contributed by atoms with Crippen molar-refractivity contribution in [3.05, 3.63) is 69.9 Å². The molecule has 25 heavy (non-hydrogen) atoms. The van der Waals surface area contributed by atoms with Crippen LogP contribution in [0, 0.1) is 0 Å². The van der Waals surface area contributed by atoms with Crippen molar-refractivity contribution in [2.75, 3.05) is 6.61 Å². The van der Waals surface area contributed by atoms with Gasteiger partial charge >= 0.3 is 6.18 Å². The van der Waals surface area contributed by atoms with Gasteiger partial charge in [-0.25, -0.2) is 0 Å². The molecule has 0 spiro atoms. The maximum absolute atomic E-state index is 12.6. The van der Waals surface area contributed by atoms with E-state index in [1.807, 2.05) is 0 Å². The molecule has 0 saturated heterocycles. The SMILES string of the molecule is C=C/C=C\C1=C(C)OCCC1NC(=O)c1ccc(C(F)(F)F)[nH]c1=O. The molecule has 0 aliphatic carbocycles. The second-order valence-electron chi connectivity index (χ2n) is 5.38. The highest BCUT2D eigenvalue weighted by Gasteiger charge is 2.32. The van der Waals surface area contributed by atoms with E-state index < -0.39 is 29.4 Å². The third-order valence-electron chi connectivity index (χ3n) is 3.68. The molecule has 0 fully saturated rings. The highest BCUT2D eigenvalue weighted by atomic mass is 19.4. The molecular weight excluding hydrogens is 337 g/mol. The number of rotatable bonds is 4. The van der Waals surface area contributed by atoms with Crippen LogP contribution in [-0.2, 0) is 10.9 Å². The van der Waals surface area contributed by atoms with Gasteiger partial charge in [0.25, 0.3) is 11.5 Å². The molecule has 0 aromatic carbocycles. The van der Waals surface area contributed by atoms with Crippen molar-refractivity contribution in [3.8, 4) is 0 Å². The number of pyridine rings is 1. The molecule has 2 heterocycles. The van der Waals surface area contributed by atoms with E-state index in [-0.39, 0.29) is 5.56 Å². The van der Waals surface area contributed by atoms with Gasteiger partial charge in [0.1, 0.15) is 11.3 Å². The van der Waals surface area contributed by atoms with Crippen molar-refractivity contribution < 1.29 is 22.7 Å². The summed E-state index contributed by atoms with van der Waals surface area (Å²) in [4.78, 5) is 25.8. The molecule has 8 heteroatoms. The maximum Gasteiger partial charge on any atom is 0.431 e. The molecule has 1 atom stereocenters. The lowest BCUT2D eigenvalue weighted by Gasteiger charge is -2.26. The summed E-state index contributed by atoms with van der Waals surface area (Å²) < 4.78 is 43.2. The lowest BCUT2D eigenvalue weighted by atomic mass is 9.99. The Morgan fingerprint density at radius 3 is 2.76 bits per heavy atom. The largest absolute Gasteiger partial charge is 0.498 e. The number of allylic oxidation sites excluding steroid dienone is 3. The summed E-state index contributed by atoms with van der Waals surface area (Å²) in [5, 5.41) is 2.66. The average Bonchev–Trinajstić information content (AvgIpc) is 2.53. The quantitative estimate of drug-likeness (QED) is 0.817. The number of aromatic amines is 1. The fourth-order valence-corrected chi connectivity index (χ4v) is 2.42. The van der Waals surface area contributed by atoms with Gasteiger partial charge in [-0.15, -0.1) is 0 Å². The Balaban J connectivity index is 2.24. The Morgan fingerprint density at radius 1 is 1.44 bits per heavy atom. The zero-order valence-electron chi connectivity index (χ0n) is 13.4. The fraction of sp³-hybridized carbons (Fsp3) is 0.294. The number of carbonyl (C=O) groups is 1. The first-order valence-electron chi connectivity index (χ1n) is 7.48. The zero-order valence-corrected chi connectivity index (χ0v) is 13.4. The molecule has 134 valence electrons. The Morgan fingerprint density at radius 2 is 2.16 bits per heavy atom. The number of H-pyrrole nitrogens is 1. The van der Waals surface area contributed by atoms with Gasteiger partial charge in [-0.2, -0.15) is 13.2 Å². The Kier molecular flexibility index (Phi) is 5.51. The van der Waals surface area contributed by atoms with Crippen LogP contribution >= 0.6 is 0 Å². The van der Waals surface area contributed by atoms with E-state index in [9.17, 15) is 22.8 Å². The molecule has 1 aromatic heterocycles. The van der Waals surface area contributed by atoms with E-state index in [0.717, 1.165) is 6.07 Å². The average molecular weight is 354 g/mol. The van der Waals surface area contributed by atoms with Crippen molar-refractivity contribution in [1.82, 2.24) is 10.3 Å². The van der Waals surface area contributed by atoms with Crippen LogP contribution in [0.3, 0.4) is 0 Å². The highest BCUT2D eigenvalue weighted by Crippen LogP contribution is 2.26. The predicted octanol–water partition coefficient (Wildman–Crippen LogP) is 2.93. The van der Waals surface area contributed by atoms with Gasteiger partial charge in [0.05, 0.1) is 18.4 Å². The number of amides is 1. The zero-order chi connectivity index (χ0) is 18.6. The summed E-state index contributed by atoms with van der Waals surface area (Å²) in [5.41, 5.74) is -1.97. The summed E-state index contributed by atoms with van der Waals surface area (Å²) in [7, 11) is 0. The van der Waals surface area contributed by atoms with Gasteiger partial charge in [0.2, 0.25) is 0 Å². The van der Waals surface area contributed by atoms with Crippen LogP contribution in [0.25, 0.3) is 0 Å². The number of alkyl halides is 3.